The van der Waals surface area contributed by atoms with Gasteiger partial charge in [0.15, 0.2) is 0 Å². The Kier molecular flexibility index (Phi) is 10.1. The summed E-state index contributed by atoms with van der Waals surface area (Å²) in [7, 11) is 0. The van der Waals surface area contributed by atoms with E-state index in [-0.39, 0.29) is 44.2 Å². The molecule has 0 aliphatic heterocycles. The molecule has 0 saturated carbocycles. The summed E-state index contributed by atoms with van der Waals surface area (Å²) in [5, 5.41) is 37.2. The van der Waals surface area contributed by atoms with Crippen molar-refractivity contribution in [3.63, 3.8) is 0 Å². The summed E-state index contributed by atoms with van der Waals surface area (Å²) in [6.45, 7) is -2.03. The third-order valence-corrected chi connectivity index (χ3v) is 6.70. The minimum absolute atomic E-state index is 0.0122. The van der Waals surface area contributed by atoms with Crippen LogP contribution in [0.3, 0.4) is 0 Å². The Hall–Kier alpha value is -2.15. The van der Waals surface area contributed by atoms with E-state index in [1.807, 2.05) is 0 Å². The predicted octanol–water partition coefficient (Wildman–Crippen LogP) is -1.99. The van der Waals surface area contributed by atoms with Crippen LogP contribution >= 0.6 is 0 Å². The van der Waals surface area contributed by atoms with Crippen molar-refractivity contribution in [2.75, 3.05) is 32.7 Å². The normalized spacial score (nSPS) is 13.2. The van der Waals surface area contributed by atoms with Crippen molar-refractivity contribution in [3.05, 3.63) is 35.9 Å². The van der Waals surface area contributed by atoms with Gasteiger partial charge in [-0.1, -0.05) is 0 Å². The SMILES string of the molecule is O=C(O)CN(CCN(CC(=O)O)C(Cc1ccccc1)([NH][InH2])C(=O)O)CC(=O)O. The molecule has 1 aromatic rings. The van der Waals surface area contributed by atoms with Crippen LogP contribution in [0.5, 0.6) is 0 Å². The van der Waals surface area contributed by atoms with Crippen LogP contribution in [-0.4, -0.2) is 117 Å². The van der Waals surface area contributed by atoms with Gasteiger partial charge in [0.05, 0.1) is 0 Å². The van der Waals surface area contributed by atoms with Crippen LogP contribution < -0.4 is 3.30 Å². The monoisotopic (exact) mass is 513 g/mol. The third-order valence-electron chi connectivity index (χ3n) is 4.34. The molecule has 0 spiro atoms. The zero-order valence-electron chi connectivity index (χ0n) is 15.9. The van der Waals surface area contributed by atoms with Gasteiger partial charge < -0.3 is 0 Å². The summed E-state index contributed by atoms with van der Waals surface area (Å²) < 4.78 is 2.90. The topological polar surface area (TPSA) is 168 Å². The molecule has 0 aliphatic rings. The van der Waals surface area contributed by atoms with Gasteiger partial charge in [-0.25, -0.2) is 0 Å². The molecular weight excluding hydrogens is 489 g/mol. The number of carboxylic acids is 4. The number of rotatable bonds is 14. The number of nitrogens with one attached hydrogen (secondary N) is 1. The van der Waals surface area contributed by atoms with E-state index < -0.39 is 49.2 Å². The Morgan fingerprint density at radius 2 is 1.38 bits per heavy atom. The molecule has 12 heteroatoms. The molecular formula is C17H24InN3O8. The molecule has 1 unspecified atom stereocenters. The Bertz CT molecular complexity index is 717. The van der Waals surface area contributed by atoms with Crippen molar-refractivity contribution in [2.24, 2.45) is 0 Å². The van der Waals surface area contributed by atoms with Gasteiger partial charge in [0, 0.05) is 0 Å². The molecule has 11 nitrogen and oxygen atoms in total. The number of nitrogens with zero attached hydrogens (tertiary/aromatic N) is 2. The van der Waals surface area contributed by atoms with Crippen molar-refractivity contribution >= 4 is 48.5 Å². The van der Waals surface area contributed by atoms with E-state index in [9.17, 15) is 29.4 Å². The molecule has 1 atom stereocenters. The molecule has 1 rings (SSSR count). The van der Waals surface area contributed by atoms with Crippen molar-refractivity contribution in [2.45, 2.75) is 12.1 Å². The Morgan fingerprint density at radius 3 is 1.79 bits per heavy atom. The van der Waals surface area contributed by atoms with Gasteiger partial charge in [0.2, 0.25) is 0 Å². The Labute approximate surface area is 181 Å². The molecule has 158 valence electrons. The van der Waals surface area contributed by atoms with Gasteiger partial charge >= 0.3 is 182 Å². The average molecular weight is 513 g/mol. The summed E-state index contributed by atoms with van der Waals surface area (Å²) in [6, 6.07) is 8.71. The van der Waals surface area contributed by atoms with E-state index >= 15 is 0 Å². The predicted molar refractivity (Wildman–Crippen MR) is 103 cm³/mol. The van der Waals surface area contributed by atoms with Gasteiger partial charge in [-0.05, 0) is 0 Å². The molecule has 0 radical (unpaired) electrons. The molecule has 0 saturated heterocycles. The fourth-order valence-corrected chi connectivity index (χ4v) is 5.01. The second-order valence-corrected chi connectivity index (χ2v) is 7.82. The number of carboxylic acid groups (broad SMARTS) is 4. The molecule has 0 amide bonds. The maximum absolute atomic E-state index is 12.2. The molecule has 0 bridgehead atoms. The summed E-state index contributed by atoms with van der Waals surface area (Å²) >= 11 is -0.355. The van der Waals surface area contributed by atoms with Gasteiger partial charge in [-0.2, -0.15) is 0 Å². The van der Waals surface area contributed by atoms with Crippen molar-refractivity contribution < 1.29 is 39.6 Å². The van der Waals surface area contributed by atoms with Crippen molar-refractivity contribution in [3.8, 4) is 0 Å². The van der Waals surface area contributed by atoms with E-state index in [2.05, 4.69) is 3.30 Å². The van der Waals surface area contributed by atoms with Gasteiger partial charge in [-0.15, -0.1) is 0 Å². The standard InChI is InChI=1S/C17H22N3O8.In.2H/c18-17(16(27)28,8-12-4-2-1-3-5-12)20(11-15(25)26)7-6-19(9-13(21)22)10-14(23)24;;;/h1-5,18H,6-11H2,(H,21,22)(H,23,24)(H,25,26)(H,27,28);;;/q-1;+1;;. The quantitative estimate of drug-likeness (QED) is 0.175. The Balaban J connectivity index is 3.17. The molecule has 0 heterocycles. The molecule has 29 heavy (non-hydrogen) atoms. The van der Waals surface area contributed by atoms with Crippen LogP contribution in [0, 0.1) is 0 Å². The van der Waals surface area contributed by atoms with Crippen molar-refractivity contribution in [1.29, 1.82) is 0 Å². The number of hydrogen-bond donors (Lipinski definition) is 5. The maximum atomic E-state index is 12.2. The van der Waals surface area contributed by atoms with Crippen LogP contribution in [0.15, 0.2) is 30.3 Å². The third kappa shape index (κ3) is 8.01. The molecule has 5 N–H and O–H groups in total. The molecule has 1 aromatic carbocycles. The number of aliphatic carboxylic acids is 4. The summed E-state index contributed by atoms with van der Waals surface area (Å²) in [6.07, 6.45) is -0.0122. The first kappa shape index (κ1) is 24.9. The second-order valence-electron chi connectivity index (χ2n) is 6.39. The van der Waals surface area contributed by atoms with Crippen LogP contribution in [0.25, 0.3) is 0 Å². The van der Waals surface area contributed by atoms with Crippen LogP contribution in [0.4, 0.5) is 0 Å². The number of benzene rings is 1. The zero-order valence-corrected chi connectivity index (χ0v) is 21.7. The molecule has 0 aliphatic carbocycles. The fourth-order valence-electron chi connectivity index (χ4n) is 2.99. The molecule has 0 fully saturated rings. The van der Waals surface area contributed by atoms with E-state index in [0.717, 1.165) is 4.90 Å². The zero-order chi connectivity index (χ0) is 22.0. The first-order chi connectivity index (χ1) is 13.6. The minimum atomic E-state index is -1.70. The van der Waals surface area contributed by atoms with E-state index in [0.29, 0.717) is 5.56 Å². The fraction of sp³-hybridized carbons (Fsp3) is 0.412. The summed E-state index contributed by atoms with van der Waals surface area (Å²) in [4.78, 5) is 47.9. The Morgan fingerprint density at radius 1 is 0.862 bits per heavy atom. The summed E-state index contributed by atoms with van der Waals surface area (Å²) in [5.74, 6) is -4.99. The van der Waals surface area contributed by atoms with E-state index in [1.165, 1.54) is 4.90 Å². The first-order valence-electron chi connectivity index (χ1n) is 8.69. The number of carbonyl (C=O) groups is 4. The first-order valence-corrected chi connectivity index (χ1v) is 11.5. The van der Waals surface area contributed by atoms with Crippen LogP contribution in [-0.2, 0) is 25.6 Å². The van der Waals surface area contributed by atoms with Gasteiger partial charge in [0.1, 0.15) is 0 Å². The summed E-state index contributed by atoms with van der Waals surface area (Å²) in [5.41, 5.74) is -1.02. The second kappa shape index (κ2) is 11.8. The van der Waals surface area contributed by atoms with Crippen LogP contribution in [0.2, 0.25) is 0 Å². The average Bonchev–Trinajstić information content (AvgIpc) is 2.62. The van der Waals surface area contributed by atoms with Crippen molar-refractivity contribution in [1.82, 2.24) is 13.1 Å². The van der Waals surface area contributed by atoms with E-state index in [4.69, 9.17) is 10.2 Å². The van der Waals surface area contributed by atoms with E-state index in [1.54, 1.807) is 30.3 Å². The van der Waals surface area contributed by atoms with Gasteiger partial charge in [-0.3, -0.25) is 0 Å². The van der Waals surface area contributed by atoms with Crippen LogP contribution in [0.1, 0.15) is 5.56 Å². The van der Waals surface area contributed by atoms with Gasteiger partial charge in [0.25, 0.3) is 0 Å². The number of hydrogen-bond acceptors (Lipinski definition) is 7. The molecule has 0 aromatic heterocycles.